The van der Waals surface area contributed by atoms with Crippen LogP contribution in [-0.2, 0) is 19.1 Å². The molecule has 0 aromatic heterocycles. The highest BCUT2D eigenvalue weighted by molar-refractivity contribution is 6.30. The van der Waals surface area contributed by atoms with Crippen molar-refractivity contribution < 1.29 is 23.9 Å². The van der Waals surface area contributed by atoms with Crippen LogP contribution in [0.1, 0.15) is 16.8 Å². The number of ether oxygens (including phenoxy) is 1. The van der Waals surface area contributed by atoms with E-state index in [0.717, 1.165) is 11.3 Å². The lowest BCUT2D eigenvalue weighted by atomic mass is 9.85. The Kier molecular flexibility index (Phi) is 4.15. The third-order valence-corrected chi connectivity index (χ3v) is 5.63. The Labute approximate surface area is 154 Å². The number of fused-ring (bicyclic) bond motifs is 5. The first kappa shape index (κ1) is 17.0. The molecular weight excluding hydrogens is 358 g/mol. The van der Waals surface area contributed by atoms with Crippen LogP contribution in [0.4, 0.5) is 0 Å². The molecule has 3 aliphatic rings. The highest BCUT2D eigenvalue weighted by atomic mass is 35.5. The van der Waals surface area contributed by atoms with Crippen LogP contribution < -0.4 is 0 Å². The van der Waals surface area contributed by atoms with E-state index in [2.05, 4.69) is 0 Å². The average molecular weight is 374 g/mol. The predicted molar refractivity (Wildman–Crippen MR) is 91.2 cm³/mol. The summed E-state index contributed by atoms with van der Waals surface area (Å²) in [6.07, 6.45) is 4.81. The number of hydrogen-bond acceptors (Lipinski definition) is 5. The maximum atomic E-state index is 12.5. The molecule has 1 saturated heterocycles. The molecule has 2 aliphatic carbocycles. The number of allylic oxidation sites excluding steroid dienone is 2. The number of amides is 2. The molecule has 0 spiro atoms. The molecule has 1 heterocycles. The summed E-state index contributed by atoms with van der Waals surface area (Å²) in [7, 11) is 0. The van der Waals surface area contributed by atoms with Gasteiger partial charge in [0.25, 0.3) is 0 Å². The Balaban J connectivity index is 1.34. The molecule has 4 atom stereocenters. The second-order valence-electron chi connectivity index (χ2n) is 6.85. The zero-order chi connectivity index (χ0) is 18.4. The molecule has 1 aromatic carbocycles. The summed E-state index contributed by atoms with van der Waals surface area (Å²) in [5.74, 6) is -2.27. The zero-order valence-corrected chi connectivity index (χ0v) is 14.5. The van der Waals surface area contributed by atoms with Crippen molar-refractivity contribution in [1.29, 1.82) is 0 Å². The molecule has 1 aliphatic heterocycles. The molecule has 1 saturated carbocycles. The van der Waals surface area contributed by atoms with Crippen LogP contribution in [0.2, 0.25) is 5.02 Å². The van der Waals surface area contributed by atoms with Crippen molar-refractivity contribution in [1.82, 2.24) is 4.90 Å². The Bertz CT molecular complexity index is 801. The van der Waals surface area contributed by atoms with Gasteiger partial charge in [0.15, 0.2) is 12.4 Å². The van der Waals surface area contributed by atoms with Gasteiger partial charge in [0.05, 0.1) is 11.8 Å². The Hall–Kier alpha value is -2.47. The molecule has 2 bridgehead atoms. The minimum atomic E-state index is -0.769. The van der Waals surface area contributed by atoms with E-state index in [-0.39, 0.29) is 41.3 Å². The minimum Gasteiger partial charge on any atom is -0.456 e. The van der Waals surface area contributed by atoms with Crippen LogP contribution in [0.25, 0.3) is 0 Å². The topological polar surface area (TPSA) is 80.8 Å². The number of nitrogens with zero attached hydrogens (tertiary/aromatic N) is 1. The molecule has 0 unspecified atom stereocenters. The van der Waals surface area contributed by atoms with Gasteiger partial charge in [-0.05, 0) is 42.5 Å². The van der Waals surface area contributed by atoms with Gasteiger partial charge in [0.2, 0.25) is 11.8 Å². The Morgan fingerprint density at radius 1 is 1.04 bits per heavy atom. The van der Waals surface area contributed by atoms with Gasteiger partial charge in [0.1, 0.15) is 6.54 Å². The number of benzene rings is 1. The van der Waals surface area contributed by atoms with Gasteiger partial charge < -0.3 is 4.74 Å². The minimum absolute atomic E-state index is 0.0916. The van der Waals surface area contributed by atoms with Gasteiger partial charge in [-0.15, -0.1) is 0 Å². The number of hydrogen-bond donors (Lipinski definition) is 0. The fourth-order valence-electron chi connectivity index (χ4n) is 4.16. The van der Waals surface area contributed by atoms with Crippen LogP contribution in [0.5, 0.6) is 0 Å². The monoisotopic (exact) mass is 373 g/mol. The molecule has 0 radical (unpaired) electrons. The lowest BCUT2D eigenvalue weighted by molar-refractivity contribution is -0.152. The maximum absolute atomic E-state index is 12.5. The first-order valence-corrected chi connectivity index (χ1v) is 8.81. The molecule has 1 aromatic rings. The van der Waals surface area contributed by atoms with Crippen molar-refractivity contribution in [3.05, 3.63) is 47.0 Å². The van der Waals surface area contributed by atoms with E-state index in [9.17, 15) is 19.2 Å². The van der Waals surface area contributed by atoms with E-state index < -0.39 is 19.1 Å². The quantitative estimate of drug-likeness (QED) is 0.340. The zero-order valence-electron chi connectivity index (χ0n) is 13.8. The molecule has 2 amide bonds. The fraction of sp³-hybridized carbons (Fsp3) is 0.368. The van der Waals surface area contributed by atoms with E-state index >= 15 is 0 Å². The van der Waals surface area contributed by atoms with Gasteiger partial charge in [-0.3, -0.25) is 24.1 Å². The van der Waals surface area contributed by atoms with Crippen molar-refractivity contribution in [2.75, 3.05) is 13.2 Å². The van der Waals surface area contributed by atoms with E-state index in [1.54, 1.807) is 12.1 Å². The van der Waals surface area contributed by atoms with Crippen molar-refractivity contribution >= 4 is 35.2 Å². The average Bonchev–Trinajstić information content (AvgIpc) is 3.30. The molecule has 134 valence electrons. The Morgan fingerprint density at radius 2 is 1.62 bits per heavy atom. The summed E-state index contributed by atoms with van der Waals surface area (Å²) >= 11 is 5.76. The standard InChI is InChI=1S/C19H16ClNO5/c20-13-5-3-10(4-6-13)14(22)9-26-15(23)8-21-18(24)16-11-1-2-12(7-11)17(16)19(21)25/h1-6,11-12,16-17H,7-9H2/t11-,12-,16-,17-/m0/s1. The van der Waals surface area contributed by atoms with Gasteiger partial charge in [-0.25, -0.2) is 0 Å². The Morgan fingerprint density at radius 3 is 2.19 bits per heavy atom. The van der Waals surface area contributed by atoms with E-state index in [1.165, 1.54) is 12.1 Å². The smallest absolute Gasteiger partial charge is 0.326 e. The summed E-state index contributed by atoms with van der Waals surface area (Å²) in [5, 5.41) is 0.499. The van der Waals surface area contributed by atoms with Crippen LogP contribution in [0.15, 0.2) is 36.4 Å². The third kappa shape index (κ3) is 2.74. The van der Waals surface area contributed by atoms with Crippen molar-refractivity contribution in [2.24, 2.45) is 23.7 Å². The largest absolute Gasteiger partial charge is 0.456 e. The lowest BCUT2D eigenvalue weighted by Gasteiger charge is -2.16. The van der Waals surface area contributed by atoms with Gasteiger partial charge in [0, 0.05) is 10.6 Å². The van der Waals surface area contributed by atoms with Crippen LogP contribution in [0, 0.1) is 23.7 Å². The predicted octanol–water partition coefficient (Wildman–Crippen LogP) is 1.87. The summed E-state index contributed by atoms with van der Waals surface area (Å²) < 4.78 is 4.96. The van der Waals surface area contributed by atoms with E-state index in [4.69, 9.17) is 16.3 Å². The highest BCUT2D eigenvalue weighted by Gasteiger charge is 2.59. The summed E-state index contributed by atoms with van der Waals surface area (Å²) in [6, 6.07) is 6.21. The number of halogens is 1. The van der Waals surface area contributed by atoms with Gasteiger partial charge >= 0.3 is 5.97 Å². The van der Waals surface area contributed by atoms with Crippen molar-refractivity contribution in [3.63, 3.8) is 0 Å². The molecule has 26 heavy (non-hydrogen) atoms. The van der Waals surface area contributed by atoms with Crippen molar-refractivity contribution in [2.45, 2.75) is 6.42 Å². The number of likely N-dealkylation sites (tertiary alicyclic amines) is 1. The van der Waals surface area contributed by atoms with E-state index in [1.807, 2.05) is 12.2 Å². The first-order valence-electron chi connectivity index (χ1n) is 8.43. The number of esters is 1. The van der Waals surface area contributed by atoms with Crippen molar-refractivity contribution in [3.8, 4) is 0 Å². The number of rotatable bonds is 5. The number of imide groups is 1. The lowest BCUT2D eigenvalue weighted by Crippen LogP contribution is -2.38. The third-order valence-electron chi connectivity index (χ3n) is 5.38. The highest BCUT2D eigenvalue weighted by Crippen LogP contribution is 2.52. The number of Topliss-reactive ketones (excluding diaryl/α,β-unsaturated/α-hetero) is 1. The molecule has 2 fully saturated rings. The van der Waals surface area contributed by atoms with E-state index in [0.29, 0.717) is 10.6 Å². The van der Waals surface area contributed by atoms with Crippen LogP contribution >= 0.6 is 11.6 Å². The van der Waals surface area contributed by atoms with Crippen LogP contribution in [0.3, 0.4) is 0 Å². The second kappa shape index (κ2) is 6.36. The number of ketones is 1. The molecule has 6 nitrogen and oxygen atoms in total. The van der Waals surface area contributed by atoms with Gasteiger partial charge in [-0.2, -0.15) is 0 Å². The second-order valence-corrected chi connectivity index (χ2v) is 7.29. The summed E-state index contributed by atoms with van der Waals surface area (Å²) in [5.41, 5.74) is 0.368. The molecular formula is C19H16ClNO5. The molecule has 0 N–H and O–H groups in total. The fourth-order valence-corrected chi connectivity index (χ4v) is 4.29. The summed E-state index contributed by atoms with van der Waals surface area (Å²) in [4.78, 5) is 50.0. The normalized spacial score (nSPS) is 28.6. The number of carbonyl (C=O) groups is 4. The number of carbonyl (C=O) groups excluding carboxylic acids is 4. The van der Waals surface area contributed by atoms with Gasteiger partial charge in [-0.1, -0.05) is 23.8 Å². The maximum Gasteiger partial charge on any atom is 0.326 e. The molecule has 7 heteroatoms. The van der Waals surface area contributed by atoms with Crippen LogP contribution in [-0.4, -0.2) is 41.6 Å². The molecule has 4 rings (SSSR count). The SMILES string of the molecule is O=C(CN1C(=O)[C@@H]2[C@@H](C1=O)[C@H]1C=C[C@H]2C1)OCC(=O)c1ccc(Cl)cc1. The summed E-state index contributed by atoms with van der Waals surface area (Å²) in [6.45, 7) is -0.894. The first-order chi connectivity index (χ1) is 12.5.